The van der Waals surface area contributed by atoms with Gasteiger partial charge in [0.1, 0.15) is 11.7 Å². The van der Waals surface area contributed by atoms with Gasteiger partial charge in [0.2, 0.25) is 0 Å². The quantitative estimate of drug-likeness (QED) is 0.220. The summed E-state index contributed by atoms with van der Waals surface area (Å²) in [6, 6.07) is 13.1. The minimum absolute atomic E-state index is 0.0637. The molecule has 2 aromatic carbocycles. The van der Waals surface area contributed by atoms with Gasteiger partial charge >= 0.3 is 12.1 Å². The first-order valence-electron chi connectivity index (χ1n) is 12.3. The number of β-amino-alcohol motifs (C(OH)–C–C–N with tert-alkyl or cyclic N) is 2. The Morgan fingerprint density at radius 3 is 1.50 bits per heavy atom. The van der Waals surface area contributed by atoms with E-state index in [1.165, 1.54) is 0 Å². The molecule has 0 radical (unpaired) electrons. The predicted octanol–water partition coefficient (Wildman–Crippen LogP) is -0.588. The van der Waals surface area contributed by atoms with E-state index in [4.69, 9.17) is 0 Å². The van der Waals surface area contributed by atoms with Crippen molar-refractivity contribution in [3.8, 4) is 0 Å². The van der Waals surface area contributed by atoms with Crippen molar-refractivity contribution in [2.45, 2.75) is 18.3 Å². The molecule has 0 spiro atoms. The Bertz CT molecular complexity index is 1080. The highest BCUT2D eigenvalue weighted by Crippen LogP contribution is 2.12. The van der Waals surface area contributed by atoms with Gasteiger partial charge in [-0.1, -0.05) is 0 Å². The summed E-state index contributed by atoms with van der Waals surface area (Å²) in [5.41, 5.74) is 2.80. The number of nitrogens with zero attached hydrogens (tertiary/aromatic N) is 2. The summed E-state index contributed by atoms with van der Waals surface area (Å²) in [6.07, 6.45) is -1.97. The summed E-state index contributed by atoms with van der Waals surface area (Å²) in [5.74, 6) is 1.38. The van der Waals surface area contributed by atoms with Crippen LogP contribution in [0.25, 0.3) is 0 Å². The Morgan fingerprint density at radius 1 is 0.763 bits per heavy atom. The van der Waals surface area contributed by atoms with E-state index < -0.39 is 30.4 Å². The second kappa shape index (κ2) is 12.9. The van der Waals surface area contributed by atoms with Crippen molar-refractivity contribution in [1.82, 2.24) is 21.3 Å². The van der Waals surface area contributed by atoms with Crippen molar-refractivity contribution in [3.05, 3.63) is 59.7 Å². The fourth-order valence-corrected chi connectivity index (χ4v) is 3.72. The topological polar surface area (TPSA) is 192 Å². The van der Waals surface area contributed by atoms with E-state index in [1.807, 2.05) is 0 Å². The number of anilines is 2. The lowest BCUT2D eigenvalue weighted by Gasteiger charge is -2.19. The van der Waals surface area contributed by atoms with Gasteiger partial charge in [-0.3, -0.25) is 9.98 Å². The van der Waals surface area contributed by atoms with Crippen LogP contribution in [0.15, 0.2) is 58.5 Å². The fraction of sp³-hybridized carbons (Fsp3) is 0.360. The highest BCUT2D eigenvalue weighted by Gasteiger charge is 2.15. The molecular weight excluding hydrogens is 492 g/mol. The van der Waals surface area contributed by atoms with E-state index in [9.17, 15) is 24.9 Å². The van der Waals surface area contributed by atoms with Gasteiger partial charge in [-0.05, 0) is 48.5 Å². The van der Waals surface area contributed by atoms with E-state index in [-0.39, 0.29) is 13.1 Å². The number of carbonyl (C=O) groups excluding carboxylic acids is 2. The molecule has 13 nitrogen and oxygen atoms in total. The van der Waals surface area contributed by atoms with Crippen molar-refractivity contribution < 1.29 is 24.9 Å². The summed E-state index contributed by atoms with van der Waals surface area (Å²) < 4.78 is 0. The van der Waals surface area contributed by atoms with Gasteiger partial charge in [-0.15, -0.1) is 0 Å². The zero-order valence-electron chi connectivity index (χ0n) is 20.6. The van der Waals surface area contributed by atoms with Gasteiger partial charge in [-0.25, -0.2) is 9.59 Å². The van der Waals surface area contributed by atoms with E-state index in [2.05, 4.69) is 41.9 Å². The van der Waals surface area contributed by atoms with Crippen molar-refractivity contribution in [3.63, 3.8) is 0 Å². The maximum atomic E-state index is 12.2. The molecule has 2 unspecified atom stereocenters. The number of nitrogens with one attached hydrogen (secondary N) is 6. The van der Waals surface area contributed by atoms with Gasteiger partial charge in [-0.2, -0.15) is 0 Å². The van der Waals surface area contributed by atoms with Crippen LogP contribution in [-0.4, -0.2) is 96.6 Å². The van der Waals surface area contributed by atoms with Crippen LogP contribution in [0.2, 0.25) is 0 Å². The normalized spacial score (nSPS) is 19.6. The van der Waals surface area contributed by atoms with Crippen LogP contribution in [0.4, 0.5) is 21.0 Å². The van der Waals surface area contributed by atoms with Crippen LogP contribution < -0.4 is 31.9 Å². The van der Waals surface area contributed by atoms with Crippen LogP contribution >= 0.6 is 0 Å². The third-order valence-electron chi connectivity index (χ3n) is 5.76. The Labute approximate surface area is 219 Å². The summed E-state index contributed by atoms with van der Waals surface area (Å²) in [6.45, 7) is 1.44. The monoisotopic (exact) mass is 524 g/mol. The van der Waals surface area contributed by atoms with Gasteiger partial charge in [0.05, 0.1) is 31.4 Å². The average Bonchev–Trinajstić information content (AvgIpc) is 2.93. The summed E-state index contributed by atoms with van der Waals surface area (Å²) in [4.78, 5) is 32.9. The molecule has 9 N–H and O–H groups in total. The molecule has 202 valence electrons. The number of hydrogen-bond acceptors (Lipinski definition) is 9. The van der Waals surface area contributed by atoms with Crippen molar-refractivity contribution in [1.29, 1.82) is 0 Å². The molecule has 4 amide bonds. The molecule has 4 rings (SSSR count). The molecular formula is C25H32N8O5. The average molecular weight is 525 g/mol. The number of amidine groups is 2. The molecule has 13 heteroatoms. The third-order valence-corrected chi connectivity index (χ3v) is 5.76. The van der Waals surface area contributed by atoms with Crippen LogP contribution in [0.1, 0.15) is 11.1 Å². The molecule has 0 aromatic heterocycles. The van der Waals surface area contributed by atoms with Gasteiger partial charge in [0.15, 0.2) is 0 Å². The minimum atomic E-state index is -0.993. The van der Waals surface area contributed by atoms with Gasteiger partial charge in [0.25, 0.3) is 0 Å². The van der Waals surface area contributed by atoms with E-state index in [0.29, 0.717) is 49.2 Å². The molecule has 0 aliphatic carbocycles. The molecule has 0 fully saturated rings. The standard InChI is InChI=1S/C25H32N8O5/c34-19-9-26-22(27-10-19)15-1-5-17(6-2-15)32-24(37)30-13-21(36)14-31-25(38)33-18-7-3-16(4-8-18)23-28-11-20(35)12-29-23/h1-8,19-21,34-36H,9-14H2,(H,26,27)(H,28,29)(H2,30,32,37)(H2,31,33,38). The lowest BCUT2D eigenvalue weighted by atomic mass is 10.1. The molecule has 2 atom stereocenters. The number of aliphatic imine (C=N–C) groups is 2. The Morgan fingerprint density at radius 2 is 1.16 bits per heavy atom. The van der Waals surface area contributed by atoms with E-state index in [1.54, 1.807) is 48.5 Å². The Balaban J connectivity index is 1.14. The fourth-order valence-electron chi connectivity index (χ4n) is 3.72. The van der Waals surface area contributed by atoms with Crippen LogP contribution in [0, 0.1) is 0 Å². The zero-order chi connectivity index (χ0) is 26.9. The lowest BCUT2D eigenvalue weighted by Crippen LogP contribution is -2.42. The zero-order valence-corrected chi connectivity index (χ0v) is 20.6. The SMILES string of the molecule is O=C(NCC(O)CNC(=O)Nc1ccc(C2=NCC(O)CN2)cc1)Nc1ccc(C2=NCC(O)CN2)cc1. The van der Waals surface area contributed by atoms with Gasteiger partial charge < -0.3 is 47.2 Å². The number of aliphatic hydroxyl groups excluding tert-OH is 3. The van der Waals surface area contributed by atoms with E-state index >= 15 is 0 Å². The molecule has 2 aliphatic rings. The Hall–Kier alpha value is -4.20. The minimum Gasteiger partial charge on any atom is -0.389 e. The molecule has 0 bridgehead atoms. The number of amides is 4. The number of carbonyl (C=O) groups is 2. The highest BCUT2D eigenvalue weighted by atomic mass is 16.3. The smallest absolute Gasteiger partial charge is 0.319 e. The first-order chi connectivity index (χ1) is 18.4. The largest absolute Gasteiger partial charge is 0.389 e. The maximum Gasteiger partial charge on any atom is 0.319 e. The van der Waals surface area contributed by atoms with E-state index in [0.717, 1.165) is 11.1 Å². The van der Waals surface area contributed by atoms with Crippen molar-refractivity contribution >= 4 is 35.1 Å². The first-order valence-corrected chi connectivity index (χ1v) is 12.3. The summed E-state index contributed by atoms with van der Waals surface area (Å²) >= 11 is 0. The first kappa shape index (κ1) is 26.9. The lowest BCUT2D eigenvalue weighted by molar-refractivity contribution is 0.170. The summed E-state index contributed by atoms with van der Waals surface area (Å²) in [7, 11) is 0. The number of rotatable bonds is 8. The third kappa shape index (κ3) is 7.90. The van der Waals surface area contributed by atoms with Crippen LogP contribution in [-0.2, 0) is 0 Å². The molecule has 2 heterocycles. The van der Waals surface area contributed by atoms with Crippen LogP contribution in [0.3, 0.4) is 0 Å². The number of benzene rings is 2. The maximum absolute atomic E-state index is 12.2. The van der Waals surface area contributed by atoms with Crippen molar-refractivity contribution in [2.24, 2.45) is 9.98 Å². The number of urea groups is 2. The second-order valence-corrected chi connectivity index (χ2v) is 8.93. The number of hydrogen-bond donors (Lipinski definition) is 9. The van der Waals surface area contributed by atoms with Gasteiger partial charge in [0, 0.05) is 48.7 Å². The molecule has 2 aromatic rings. The summed E-state index contributed by atoms with van der Waals surface area (Å²) in [5, 5.41) is 45.7. The highest BCUT2D eigenvalue weighted by molar-refractivity contribution is 6.00. The van der Waals surface area contributed by atoms with Crippen molar-refractivity contribution in [2.75, 3.05) is 49.9 Å². The Kier molecular flexibility index (Phi) is 9.08. The predicted molar refractivity (Wildman–Crippen MR) is 144 cm³/mol. The number of aliphatic hydroxyl groups is 3. The molecule has 0 saturated heterocycles. The van der Waals surface area contributed by atoms with Crippen LogP contribution in [0.5, 0.6) is 0 Å². The molecule has 38 heavy (non-hydrogen) atoms. The second-order valence-electron chi connectivity index (χ2n) is 8.93. The molecule has 0 saturated carbocycles. The molecule has 2 aliphatic heterocycles.